The summed E-state index contributed by atoms with van der Waals surface area (Å²) in [6.07, 6.45) is 9.04. The first-order valence-corrected chi connectivity index (χ1v) is 21.6. The molecule has 0 saturated heterocycles. The first-order chi connectivity index (χ1) is 28.5. The minimum atomic E-state index is -0.0998. The zero-order valence-electron chi connectivity index (χ0n) is 33.2. The highest BCUT2D eigenvalue weighted by Gasteiger charge is 2.35. The van der Waals surface area contributed by atoms with E-state index in [1.54, 1.807) is 0 Å². The maximum absolute atomic E-state index is 2.42. The fourth-order valence-electron chi connectivity index (χ4n) is 9.17. The molecule has 0 aliphatic heterocycles. The molecular formula is C56H45NS. The van der Waals surface area contributed by atoms with Crippen molar-refractivity contribution in [2.45, 2.75) is 32.1 Å². The molecule has 0 fully saturated rings. The molecule has 8 aromatic carbocycles. The molecule has 2 aliphatic carbocycles. The van der Waals surface area contributed by atoms with Crippen LogP contribution < -0.4 is 4.90 Å². The molecule has 0 spiro atoms. The Morgan fingerprint density at radius 1 is 0.448 bits per heavy atom. The smallest absolute Gasteiger partial charge is 0.0465 e. The molecule has 0 radical (unpaired) electrons. The first-order valence-electron chi connectivity index (χ1n) is 20.3. The van der Waals surface area contributed by atoms with Crippen molar-refractivity contribution in [1.82, 2.24) is 0 Å². The number of thioether (sulfide) groups is 1. The van der Waals surface area contributed by atoms with Gasteiger partial charge in [-0.1, -0.05) is 159 Å². The van der Waals surface area contributed by atoms with Crippen LogP contribution in [0.5, 0.6) is 0 Å². The summed E-state index contributed by atoms with van der Waals surface area (Å²) >= 11 is 1.88. The fourth-order valence-corrected chi connectivity index (χ4v) is 9.90. The van der Waals surface area contributed by atoms with Crippen molar-refractivity contribution in [3.8, 4) is 44.5 Å². The number of hydrogen-bond acceptors (Lipinski definition) is 2. The van der Waals surface area contributed by atoms with Gasteiger partial charge in [0, 0.05) is 22.5 Å². The Bertz CT molecular complexity index is 2880. The van der Waals surface area contributed by atoms with E-state index in [1.807, 2.05) is 11.8 Å². The highest BCUT2D eigenvalue weighted by molar-refractivity contribution is 8.02. The van der Waals surface area contributed by atoms with Gasteiger partial charge in [-0.3, -0.25) is 0 Å². The van der Waals surface area contributed by atoms with Crippen LogP contribution >= 0.6 is 11.8 Å². The van der Waals surface area contributed by atoms with Crippen molar-refractivity contribution in [2.24, 2.45) is 0 Å². The lowest BCUT2D eigenvalue weighted by molar-refractivity contribution is 0.660. The third-order valence-corrected chi connectivity index (χ3v) is 13.2. The Labute approximate surface area is 347 Å². The highest BCUT2D eigenvalue weighted by Crippen LogP contribution is 2.51. The Morgan fingerprint density at radius 2 is 1.05 bits per heavy atom. The average Bonchev–Trinajstić information content (AvgIpc) is 3.52. The first kappa shape index (κ1) is 36.0. The van der Waals surface area contributed by atoms with Gasteiger partial charge in [0.05, 0.1) is 0 Å². The summed E-state index contributed by atoms with van der Waals surface area (Å²) in [6.45, 7) is 4.72. The van der Waals surface area contributed by atoms with E-state index >= 15 is 0 Å². The third-order valence-electron chi connectivity index (χ3n) is 12.3. The summed E-state index contributed by atoms with van der Waals surface area (Å²) in [7, 11) is 0. The van der Waals surface area contributed by atoms with Crippen molar-refractivity contribution in [1.29, 1.82) is 0 Å². The third kappa shape index (κ3) is 6.39. The summed E-state index contributed by atoms with van der Waals surface area (Å²) in [4.78, 5) is 3.88. The van der Waals surface area contributed by atoms with Gasteiger partial charge in [0.1, 0.15) is 0 Å². The molecule has 10 rings (SSSR count). The summed E-state index contributed by atoms with van der Waals surface area (Å²) in [6, 6.07) is 67.4. The van der Waals surface area contributed by atoms with Gasteiger partial charge in [0.15, 0.2) is 0 Å². The second kappa shape index (κ2) is 14.9. The van der Waals surface area contributed by atoms with Crippen LogP contribution in [0.1, 0.15) is 43.4 Å². The van der Waals surface area contributed by atoms with E-state index in [-0.39, 0.29) is 5.41 Å². The lowest BCUT2D eigenvalue weighted by atomic mass is 9.82. The molecule has 0 heterocycles. The maximum atomic E-state index is 2.42. The van der Waals surface area contributed by atoms with Gasteiger partial charge >= 0.3 is 0 Å². The van der Waals surface area contributed by atoms with Crippen LogP contribution in [-0.2, 0) is 5.41 Å². The number of fused-ring (bicyclic) bond motifs is 4. The molecule has 280 valence electrons. The molecule has 0 saturated carbocycles. The molecule has 1 nitrogen and oxygen atoms in total. The molecular weight excluding hydrogens is 719 g/mol. The summed E-state index contributed by atoms with van der Waals surface area (Å²) in [5.74, 6) is 0. The van der Waals surface area contributed by atoms with Gasteiger partial charge in [-0.15, -0.1) is 11.8 Å². The zero-order chi connectivity index (χ0) is 39.2. The van der Waals surface area contributed by atoms with Gasteiger partial charge in [-0.05, 0) is 150 Å². The van der Waals surface area contributed by atoms with Crippen molar-refractivity contribution < 1.29 is 0 Å². The summed E-state index contributed by atoms with van der Waals surface area (Å²) in [5, 5.41) is 2.51. The Hall–Kier alpha value is -6.35. The van der Waals surface area contributed by atoms with Crippen LogP contribution in [-0.4, -0.2) is 6.26 Å². The second-order valence-corrected chi connectivity index (χ2v) is 16.9. The second-order valence-electron chi connectivity index (χ2n) is 16.0. The minimum absolute atomic E-state index is 0.0998. The Morgan fingerprint density at radius 3 is 1.83 bits per heavy atom. The van der Waals surface area contributed by atoms with E-state index in [0.29, 0.717) is 0 Å². The van der Waals surface area contributed by atoms with Gasteiger partial charge < -0.3 is 4.90 Å². The molecule has 0 N–H and O–H groups in total. The standard InChI is InChI=1S/C56H45NS/c1-56(2)53-19-11-9-18-50(53)51-34-32-47(37-54(51)56)57(45-28-23-39(24-29-45)43-22-21-38-13-7-8-16-42(38)35-43)46-30-25-41(26-31-46)48-33-27-44(49-17-10-12-20-55(49)58-3)36-52(48)40-14-5-4-6-15-40/h4-11,13-19,21-37H,12,20H2,1-3H3. The van der Waals surface area contributed by atoms with Gasteiger partial charge in [0.2, 0.25) is 0 Å². The van der Waals surface area contributed by atoms with E-state index in [0.717, 1.165) is 29.9 Å². The normalized spacial score (nSPS) is 14.1. The topological polar surface area (TPSA) is 3.24 Å². The fraction of sp³-hybridized carbons (Fsp3) is 0.107. The monoisotopic (exact) mass is 763 g/mol. The van der Waals surface area contributed by atoms with E-state index < -0.39 is 0 Å². The molecule has 2 heteroatoms. The van der Waals surface area contributed by atoms with E-state index in [4.69, 9.17) is 0 Å². The van der Waals surface area contributed by atoms with Crippen LogP contribution in [0, 0.1) is 0 Å². The molecule has 0 aromatic heterocycles. The van der Waals surface area contributed by atoms with Crippen molar-refractivity contribution in [3.05, 3.63) is 216 Å². The number of hydrogen-bond donors (Lipinski definition) is 0. The van der Waals surface area contributed by atoms with Crippen LogP contribution in [0.25, 0.3) is 60.9 Å². The number of benzene rings is 8. The van der Waals surface area contributed by atoms with E-state index in [1.165, 1.54) is 82.4 Å². The lowest BCUT2D eigenvalue weighted by Gasteiger charge is -2.28. The molecule has 8 aromatic rings. The molecule has 0 amide bonds. The van der Waals surface area contributed by atoms with Crippen LogP contribution in [0.15, 0.2) is 199 Å². The molecule has 0 atom stereocenters. The Kier molecular flexibility index (Phi) is 9.23. The molecule has 2 aliphatic rings. The number of rotatable bonds is 8. The number of allylic oxidation sites excluding steroid dienone is 4. The minimum Gasteiger partial charge on any atom is -0.310 e. The van der Waals surface area contributed by atoms with Crippen molar-refractivity contribution >= 4 is 45.2 Å². The highest BCUT2D eigenvalue weighted by atomic mass is 32.2. The van der Waals surface area contributed by atoms with E-state index in [2.05, 4.69) is 219 Å². The maximum Gasteiger partial charge on any atom is 0.0465 e. The zero-order valence-corrected chi connectivity index (χ0v) is 34.1. The lowest BCUT2D eigenvalue weighted by Crippen LogP contribution is -2.16. The van der Waals surface area contributed by atoms with Crippen LogP contribution in [0.3, 0.4) is 0 Å². The molecule has 0 bridgehead atoms. The quantitative estimate of drug-likeness (QED) is 0.152. The Balaban J connectivity index is 1.07. The number of nitrogens with zero attached hydrogens (tertiary/aromatic N) is 1. The largest absolute Gasteiger partial charge is 0.310 e. The van der Waals surface area contributed by atoms with Gasteiger partial charge in [-0.2, -0.15) is 0 Å². The number of anilines is 3. The van der Waals surface area contributed by atoms with Gasteiger partial charge in [-0.25, -0.2) is 0 Å². The SMILES string of the molecule is CSC1=C(c2ccc(-c3ccc(N(c4ccc(-c5ccc6ccccc6c5)cc4)c4ccc5c(c4)C(C)(C)c4ccccc4-5)cc3)c(-c3ccccc3)c2)C=CCC1. The van der Waals surface area contributed by atoms with Crippen LogP contribution in [0.2, 0.25) is 0 Å². The van der Waals surface area contributed by atoms with Crippen molar-refractivity contribution in [2.75, 3.05) is 11.2 Å². The van der Waals surface area contributed by atoms with Crippen LogP contribution in [0.4, 0.5) is 17.1 Å². The van der Waals surface area contributed by atoms with Crippen molar-refractivity contribution in [3.63, 3.8) is 0 Å². The molecule has 58 heavy (non-hydrogen) atoms. The molecule has 0 unspecified atom stereocenters. The average molecular weight is 764 g/mol. The summed E-state index contributed by atoms with van der Waals surface area (Å²) < 4.78 is 0. The summed E-state index contributed by atoms with van der Waals surface area (Å²) in [5.41, 5.74) is 18.7. The predicted octanol–water partition coefficient (Wildman–Crippen LogP) is 16.0. The van der Waals surface area contributed by atoms with E-state index in [9.17, 15) is 0 Å². The van der Waals surface area contributed by atoms with Gasteiger partial charge in [0.25, 0.3) is 0 Å². The predicted molar refractivity (Wildman–Crippen MR) is 251 cm³/mol.